The zero-order valence-corrected chi connectivity index (χ0v) is 15.6. The SMILES string of the molecule is O=P(c1ccccc1)(c1ccccc1)c1cccc2[nH]c3ccccc3c12. The van der Waals surface area contributed by atoms with Gasteiger partial charge in [-0.3, -0.25) is 0 Å². The molecule has 1 N–H and O–H groups in total. The van der Waals surface area contributed by atoms with Crippen LogP contribution in [0.4, 0.5) is 0 Å². The summed E-state index contributed by atoms with van der Waals surface area (Å²) in [6.07, 6.45) is 0. The summed E-state index contributed by atoms with van der Waals surface area (Å²) >= 11 is 0. The molecule has 1 heterocycles. The van der Waals surface area contributed by atoms with Gasteiger partial charge >= 0.3 is 0 Å². The quantitative estimate of drug-likeness (QED) is 0.449. The maximum atomic E-state index is 14.8. The smallest absolute Gasteiger partial charge is 0.171 e. The third-order valence-electron chi connectivity index (χ3n) is 5.09. The number of hydrogen-bond donors (Lipinski definition) is 1. The number of fused-ring (bicyclic) bond motifs is 3. The summed E-state index contributed by atoms with van der Waals surface area (Å²) in [4.78, 5) is 3.47. The Kier molecular flexibility index (Phi) is 3.74. The Morgan fingerprint density at radius 3 is 1.78 bits per heavy atom. The lowest BCUT2D eigenvalue weighted by Gasteiger charge is -2.21. The van der Waals surface area contributed by atoms with E-state index in [1.165, 1.54) is 0 Å². The number of benzene rings is 4. The van der Waals surface area contributed by atoms with E-state index in [-0.39, 0.29) is 0 Å². The molecule has 0 spiro atoms. The molecule has 0 unspecified atom stereocenters. The van der Waals surface area contributed by atoms with Gasteiger partial charge in [0.05, 0.1) is 0 Å². The first-order valence-corrected chi connectivity index (χ1v) is 10.7. The maximum Gasteiger partial charge on any atom is 0.171 e. The second kappa shape index (κ2) is 6.26. The highest BCUT2D eigenvalue weighted by Gasteiger charge is 2.32. The summed E-state index contributed by atoms with van der Waals surface area (Å²) in [6, 6.07) is 33.9. The monoisotopic (exact) mass is 367 g/mol. The Morgan fingerprint density at radius 1 is 0.556 bits per heavy atom. The molecular formula is C24H18NOP. The zero-order chi connectivity index (χ0) is 18.3. The van der Waals surface area contributed by atoms with Gasteiger partial charge in [-0.25, -0.2) is 0 Å². The van der Waals surface area contributed by atoms with Crippen LogP contribution in [-0.2, 0) is 4.57 Å². The molecule has 0 aliphatic rings. The average molecular weight is 367 g/mol. The lowest BCUT2D eigenvalue weighted by Crippen LogP contribution is -2.25. The minimum absolute atomic E-state index is 0.856. The molecule has 0 amide bonds. The number of aromatic amines is 1. The Morgan fingerprint density at radius 2 is 1.11 bits per heavy atom. The Balaban J connectivity index is 1.93. The van der Waals surface area contributed by atoms with Crippen LogP contribution in [0.2, 0.25) is 0 Å². The largest absolute Gasteiger partial charge is 0.354 e. The van der Waals surface area contributed by atoms with Crippen molar-refractivity contribution in [1.29, 1.82) is 0 Å². The molecule has 4 aromatic carbocycles. The van der Waals surface area contributed by atoms with Crippen molar-refractivity contribution in [3.05, 3.63) is 103 Å². The normalized spacial score (nSPS) is 11.9. The highest BCUT2D eigenvalue weighted by molar-refractivity contribution is 7.85. The standard InChI is InChI=1S/C24H18NOP/c26-27(18-10-3-1-4-11-18,19-12-5-2-6-13-19)23-17-9-16-22-24(23)20-14-7-8-15-21(20)25-22/h1-17,25H. The van der Waals surface area contributed by atoms with E-state index in [2.05, 4.69) is 23.2 Å². The number of H-pyrrole nitrogens is 1. The number of rotatable bonds is 3. The van der Waals surface area contributed by atoms with Crippen LogP contribution in [0, 0.1) is 0 Å². The van der Waals surface area contributed by atoms with E-state index in [1.54, 1.807) is 0 Å². The predicted molar refractivity (Wildman–Crippen MR) is 115 cm³/mol. The molecular weight excluding hydrogens is 349 g/mol. The summed E-state index contributed by atoms with van der Waals surface area (Å²) in [5, 5.41) is 4.75. The van der Waals surface area contributed by atoms with Crippen molar-refractivity contribution in [2.75, 3.05) is 0 Å². The Hall–Kier alpha value is -3.09. The molecule has 27 heavy (non-hydrogen) atoms. The van der Waals surface area contributed by atoms with E-state index in [9.17, 15) is 4.57 Å². The lowest BCUT2D eigenvalue weighted by atomic mass is 10.1. The second-order valence-corrected chi connectivity index (χ2v) is 9.38. The van der Waals surface area contributed by atoms with Gasteiger partial charge in [0.1, 0.15) is 0 Å². The Bertz CT molecular complexity index is 1250. The van der Waals surface area contributed by atoms with Crippen molar-refractivity contribution >= 4 is 44.9 Å². The molecule has 5 rings (SSSR count). The summed E-state index contributed by atoms with van der Waals surface area (Å²) in [5.74, 6) is 0. The average Bonchev–Trinajstić information content (AvgIpc) is 3.13. The molecule has 2 nitrogen and oxygen atoms in total. The Labute approximate surface area is 157 Å². The van der Waals surface area contributed by atoms with Gasteiger partial charge in [0, 0.05) is 37.7 Å². The van der Waals surface area contributed by atoms with E-state index in [0.717, 1.165) is 37.7 Å². The molecule has 5 aromatic rings. The minimum atomic E-state index is -3.01. The van der Waals surface area contributed by atoms with Crippen LogP contribution in [0.25, 0.3) is 21.8 Å². The van der Waals surface area contributed by atoms with E-state index in [0.29, 0.717) is 0 Å². The molecule has 0 radical (unpaired) electrons. The zero-order valence-electron chi connectivity index (χ0n) is 14.7. The van der Waals surface area contributed by atoms with Crippen LogP contribution in [0.1, 0.15) is 0 Å². The fourth-order valence-corrected chi connectivity index (χ4v) is 6.74. The van der Waals surface area contributed by atoms with Crippen molar-refractivity contribution in [3.63, 3.8) is 0 Å². The molecule has 0 bridgehead atoms. The van der Waals surface area contributed by atoms with E-state index >= 15 is 0 Å². The summed E-state index contributed by atoms with van der Waals surface area (Å²) in [7, 11) is -3.01. The number of hydrogen-bond acceptors (Lipinski definition) is 1. The van der Waals surface area contributed by atoms with Gasteiger partial charge in [0.25, 0.3) is 0 Å². The first kappa shape index (κ1) is 16.1. The molecule has 0 aliphatic heterocycles. The second-order valence-electron chi connectivity index (χ2n) is 6.65. The van der Waals surface area contributed by atoms with Crippen molar-refractivity contribution in [2.24, 2.45) is 0 Å². The lowest BCUT2D eigenvalue weighted by molar-refractivity contribution is 0.592. The molecule has 3 heteroatoms. The highest BCUT2D eigenvalue weighted by atomic mass is 31.2. The number of para-hydroxylation sites is 1. The van der Waals surface area contributed by atoms with Crippen LogP contribution in [0.3, 0.4) is 0 Å². The summed E-state index contributed by atoms with van der Waals surface area (Å²) in [6.45, 7) is 0. The van der Waals surface area contributed by atoms with Crippen LogP contribution >= 0.6 is 7.14 Å². The molecule has 0 atom stereocenters. The summed E-state index contributed by atoms with van der Waals surface area (Å²) < 4.78 is 14.8. The van der Waals surface area contributed by atoms with Gasteiger partial charge < -0.3 is 9.55 Å². The maximum absolute atomic E-state index is 14.8. The molecule has 130 valence electrons. The third kappa shape index (κ3) is 2.45. The van der Waals surface area contributed by atoms with Gasteiger partial charge in [-0.2, -0.15) is 0 Å². The van der Waals surface area contributed by atoms with Crippen molar-refractivity contribution in [2.45, 2.75) is 0 Å². The predicted octanol–water partition coefficient (Wildman–Crippen LogP) is 4.96. The highest BCUT2D eigenvalue weighted by Crippen LogP contribution is 2.45. The van der Waals surface area contributed by atoms with E-state index in [4.69, 9.17) is 0 Å². The van der Waals surface area contributed by atoms with Crippen LogP contribution < -0.4 is 15.9 Å². The van der Waals surface area contributed by atoms with Crippen molar-refractivity contribution in [3.8, 4) is 0 Å². The first-order valence-electron chi connectivity index (χ1n) is 9.00. The molecule has 0 fully saturated rings. The molecule has 0 aliphatic carbocycles. The van der Waals surface area contributed by atoms with E-state index in [1.807, 2.05) is 84.9 Å². The van der Waals surface area contributed by atoms with Crippen molar-refractivity contribution in [1.82, 2.24) is 4.98 Å². The van der Waals surface area contributed by atoms with E-state index < -0.39 is 7.14 Å². The first-order chi connectivity index (χ1) is 13.3. The minimum Gasteiger partial charge on any atom is -0.354 e. The summed E-state index contributed by atoms with van der Waals surface area (Å²) in [5.41, 5.74) is 2.08. The fourth-order valence-electron chi connectivity index (χ4n) is 3.85. The van der Waals surface area contributed by atoms with Crippen molar-refractivity contribution < 1.29 is 4.57 Å². The van der Waals surface area contributed by atoms with Gasteiger partial charge in [-0.1, -0.05) is 91.0 Å². The van der Waals surface area contributed by atoms with Gasteiger partial charge in [0.15, 0.2) is 7.14 Å². The van der Waals surface area contributed by atoms with Gasteiger partial charge in [0.2, 0.25) is 0 Å². The van der Waals surface area contributed by atoms with Gasteiger partial charge in [-0.15, -0.1) is 0 Å². The van der Waals surface area contributed by atoms with Crippen LogP contribution in [0.15, 0.2) is 103 Å². The molecule has 0 saturated heterocycles. The molecule has 1 aromatic heterocycles. The van der Waals surface area contributed by atoms with Crippen LogP contribution in [0.5, 0.6) is 0 Å². The fraction of sp³-hybridized carbons (Fsp3) is 0. The number of aromatic nitrogens is 1. The van der Waals surface area contributed by atoms with Crippen LogP contribution in [-0.4, -0.2) is 4.98 Å². The van der Waals surface area contributed by atoms with Gasteiger partial charge in [-0.05, 0) is 12.1 Å². The number of nitrogens with one attached hydrogen (secondary N) is 1. The molecule has 0 saturated carbocycles. The third-order valence-corrected chi connectivity index (χ3v) is 8.19. The topological polar surface area (TPSA) is 32.9 Å².